The smallest absolute Gasteiger partial charge is 0.300 e. The zero-order chi connectivity index (χ0) is 23.1. The molecule has 4 aromatic rings. The Hall–Kier alpha value is -4.32. The molecule has 1 amide bonds. The van der Waals surface area contributed by atoms with Gasteiger partial charge in [-0.05, 0) is 48.4 Å². The van der Waals surface area contributed by atoms with Gasteiger partial charge in [-0.25, -0.2) is 0 Å². The van der Waals surface area contributed by atoms with Gasteiger partial charge in [-0.2, -0.15) is 0 Å². The highest BCUT2D eigenvalue weighted by Gasteiger charge is 2.47. The van der Waals surface area contributed by atoms with Crippen molar-refractivity contribution in [2.75, 3.05) is 12.0 Å². The summed E-state index contributed by atoms with van der Waals surface area (Å²) in [6.45, 7) is 1.93. The lowest BCUT2D eigenvalue weighted by atomic mass is 9.92. The highest BCUT2D eigenvalue weighted by atomic mass is 16.5. The predicted octanol–water partition coefficient (Wildman–Crippen LogP) is 5.11. The fourth-order valence-corrected chi connectivity index (χ4v) is 4.44. The number of aromatic nitrogens is 1. The van der Waals surface area contributed by atoms with Crippen LogP contribution in [0.1, 0.15) is 22.7 Å². The third kappa shape index (κ3) is 3.27. The van der Waals surface area contributed by atoms with Crippen molar-refractivity contribution < 1.29 is 19.4 Å². The Morgan fingerprint density at radius 3 is 2.39 bits per heavy atom. The Balaban J connectivity index is 1.75. The number of carbonyl (C=O) groups is 2. The van der Waals surface area contributed by atoms with Crippen LogP contribution in [0.25, 0.3) is 16.7 Å². The van der Waals surface area contributed by atoms with Crippen LogP contribution in [0, 0.1) is 6.92 Å². The molecule has 2 heterocycles. The molecule has 1 aliphatic heterocycles. The Morgan fingerprint density at radius 1 is 0.970 bits per heavy atom. The maximum absolute atomic E-state index is 13.3. The van der Waals surface area contributed by atoms with E-state index in [1.54, 1.807) is 37.6 Å². The highest BCUT2D eigenvalue weighted by molar-refractivity contribution is 6.51. The molecule has 0 radical (unpaired) electrons. The number of nitrogens with one attached hydrogen (secondary N) is 1. The number of hydrogen-bond donors (Lipinski definition) is 2. The monoisotopic (exact) mass is 438 g/mol. The molecule has 1 aliphatic rings. The number of carbonyl (C=O) groups excluding carboxylic acids is 2. The highest BCUT2D eigenvalue weighted by Crippen LogP contribution is 2.44. The first-order valence-electron chi connectivity index (χ1n) is 10.6. The van der Waals surface area contributed by atoms with Gasteiger partial charge in [-0.3, -0.25) is 14.5 Å². The second-order valence-corrected chi connectivity index (χ2v) is 7.97. The van der Waals surface area contributed by atoms with Crippen LogP contribution in [-0.4, -0.2) is 28.9 Å². The fourth-order valence-electron chi connectivity index (χ4n) is 4.44. The molecule has 6 heteroatoms. The van der Waals surface area contributed by atoms with Gasteiger partial charge in [0.25, 0.3) is 11.7 Å². The molecular formula is C27H22N2O4. The summed E-state index contributed by atoms with van der Waals surface area (Å²) in [4.78, 5) is 31.2. The second kappa shape index (κ2) is 7.98. The van der Waals surface area contributed by atoms with Crippen LogP contribution in [0.3, 0.4) is 0 Å². The number of nitrogens with zero attached hydrogens (tertiary/aromatic N) is 1. The van der Waals surface area contributed by atoms with Crippen LogP contribution in [0.4, 0.5) is 5.69 Å². The van der Waals surface area contributed by atoms with Gasteiger partial charge >= 0.3 is 0 Å². The number of methoxy groups -OCH3 is 1. The molecule has 2 N–H and O–H groups in total. The van der Waals surface area contributed by atoms with E-state index >= 15 is 0 Å². The number of Topliss-reactive ketones (excluding diaryl/α,β-unsaturated/α-hetero) is 1. The van der Waals surface area contributed by atoms with E-state index in [0.717, 1.165) is 22.0 Å². The zero-order valence-corrected chi connectivity index (χ0v) is 18.2. The summed E-state index contributed by atoms with van der Waals surface area (Å²) in [5.74, 6) is -0.965. The van der Waals surface area contributed by atoms with E-state index in [1.165, 1.54) is 4.90 Å². The number of para-hydroxylation sites is 1. The number of ether oxygens (including phenoxy) is 1. The van der Waals surface area contributed by atoms with Crippen LogP contribution in [0.2, 0.25) is 0 Å². The third-order valence-corrected chi connectivity index (χ3v) is 6.12. The van der Waals surface area contributed by atoms with E-state index in [2.05, 4.69) is 4.98 Å². The van der Waals surface area contributed by atoms with Crippen LogP contribution in [-0.2, 0) is 9.59 Å². The number of amides is 1. The quantitative estimate of drug-likeness (QED) is 0.263. The van der Waals surface area contributed by atoms with Crippen molar-refractivity contribution in [2.24, 2.45) is 0 Å². The third-order valence-electron chi connectivity index (χ3n) is 6.12. The summed E-state index contributed by atoms with van der Waals surface area (Å²) in [6.07, 6.45) is 1.66. The fraction of sp³-hybridized carbons (Fsp3) is 0.111. The topological polar surface area (TPSA) is 82.6 Å². The first-order valence-corrected chi connectivity index (χ1v) is 10.6. The molecule has 0 spiro atoms. The molecule has 0 bridgehead atoms. The van der Waals surface area contributed by atoms with E-state index in [-0.39, 0.29) is 11.3 Å². The molecule has 1 unspecified atom stereocenters. The van der Waals surface area contributed by atoms with Gasteiger partial charge in [0.2, 0.25) is 0 Å². The summed E-state index contributed by atoms with van der Waals surface area (Å²) < 4.78 is 5.24. The Labute approximate surface area is 190 Å². The van der Waals surface area contributed by atoms with Crippen LogP contribution >= 0.6 is 0 Å². The van der Waals surface area contributed by atoms with Crippen molar-refractivity contribution in [1.29, 1.82) is 0 Å². The summed E-state index contributed by atoms with van der Waals surface area (Å²) >= 11 is 0. The summed E-state index contributed by atoms with van der Waals surface area (Å²) in [5, 5.41) is 12.2. The number of aromatic amines is 1. The summed E-state index contributed by atoms with van der Waals surface area (Å²) in [5.41, 5.74) is 3.61. The lowest BCUT2D eigenvalue weighted by Gasteiger charge is -2.26. The van der Waals surface area contributed by atoms with Gasteiger partial charge in [0, 0.05) is 28.4 Å². The van der Waals surface area contributed by atoms with Crippen molar-refractivity contribution in [2.45, 2.75) is 13.0 Å². The maximum atomic E-state index is 13.3. The normalized spacial score (nSPS) is 17.6. The average Bonchev–Trinajstić information content (AvgIpc) is 3.38. The molecular weight excluding hydrogens is 416 g/mol. The molecule has 1 atom stereocenters. The van der Waals surface area contributed by atoms with Gasteiger partial charge in [-0.15, -0.1) is 0 Å². The van der Waals surface area contributed by atoms with Gasteiger partial charge < -0.3 is 14.8 Å². The molecule has 0 aliphatic carbocycles. The SMILES string of the molecule is COc1ccc(N2C(=O)C(=O)/C(=C(/O)c3c[nH]c4ccccc34)C2c2ccccc2C)cc1. The minimum Gasteiger partial charge on any atom is -0.507 e. The van der Waals surface area contributed by atoms with E-state index < -0.39 is 17.7 Å². The van der Waals surface area contributed by atoms with Gasteiger partial charge in [-0.1, -0.05) is 42.5 Å². The Bertz CT molecular complexity index is 1420. The molecule has 0 saturated carbocycles. The lowest BCUT2D eigenvalue weighted by Crippen LogP contribution is -2.29. The number of anilines is 1. The molecule has 164 valence electrons. The predicted molar refractivity (Wildman–Crippen MR) is 127 cm³/mol. The minimum atomic E-state index is -0.770. The van der Waals surface area contributed by atoms with Crippen molar-refractivity contribution in [3.8, 4) is 5.75 Å². The lowest BCUT2D eigenvalue weighted by molar-refractivity contribution is -0.132. The average molecular weight is 438 g/mol. The molecule has 3 aromatic carbocycles. The van der Waals surface area contributed by atoms with Crippen LogP contribution in [0.5, 0.6) is 5.75 Å². The Kier molecular flexibility index (Phi) is 4.98. The largest absolute Gasteiger partial charge is 0.507 e. The zero-order valence-electron chi connectivity index (χ0n) is 18.2. The number of rotatable bonds is 4. The number of ketones is 1. The first-order chi connectivity index (χ1) is 16.0. The number of H-pyrrole nitrogens is 1. The van der Waals surface area contributed by atoms with Crippen LogP contribution < -0.4 is 9.64 Å². The van der Waals surface area contributed by atoms with Crippen LogP contribution in [0.15, 0.2) is 84.6 Å². The number of aryl methyl sites for hydroxylation is 1. The Morgan fingerprint density at radius 2 is 1.67 bits per heavy atom. The van der Waals surface area contributed by atoms with E-state index in [1.807, 2.05) is 55.5 Å². The number of aliphatic hydroxyl groups is 1. The van der Waals surface area contributed by atoms with Crippen molar-refractivity contribution in [1.82, 2.24) is 4.98 Å². The first kappa shape index (κ1) is 20.6. The van der Waals surface area contributed by atoms with E-state index in [0.29, 0.717) is 17.0 Å². The maximum Gasteiger partial charge on any atom is 0.300 e. The number of benzene rings is 3. The standard InChI is InChI=1S/C27H22N2O4/c1-16-7-3-4-8-19(16)24-23(25(30)21-15-28-22-10-6-5-9-20(21)22)26(31)27(32)29(24)17-11-13-18(33-2)14-12-17/h3-15,24,28,30H,1-2H3/b25-23+. The summed E-state index contributed by atoms with van der Waals surface area (Å²) in [6, 6.07) is 21.3. The van der Waals surface area contributed by atoms with Gasteiger partial charge in [0.1, 0.15) is 11.5 Å². The summed E-state index contributed by atoms with van der Waals surface area (Å²) in [7, 11) is 1.57. The molecule has 6 nitrogen and oxygen atoms in total. The number of fused-ring (bicyclic) bond motifs is 1. The van der Waals surface area contributed by atoms with E-state index in [4.69, 9.17) is 4.74 Å². The number of hydrogen-bond acceptors (Lipinski definition) is 4. The molecule has 1 aromatic heterocycles. The second-order valence-electron chi connectivity index (χ2n) is 7.97. The minimum absolute atomic E-state index is 0.0647. The van der Waals surface area contributed by atoms with Gasteiger partial charge in [0.05, 0.1) is 18.7 Å². The molecule has 1 fully saturated rings. The van der Waals surface area contributed by atoms with Crippen molar-refractivity contribution in [3.05, 3.63) is 101 Å². The van der Waals surface area contributed by atoms with Gasteiger partial charge in [0.15, 0.2) is 0 Å². The molecule has 33 heavy (non-hydrogen) atoms. The van der Waals surface area contributed by atoms with E-state index in [9.17, 15) is 14.7 Å². The number of aliphatic hydroxyl groups excluding tert-OH is 1. The van der Waals surface area contributed by atoms with Crippen molar-refractivity contribution in [3.63, 3.8) is 0 Å². The molecule has 1 saturated heterocycles. The molecule has 5 rings (SSSR count). The van der Waals surface area contributed by atoms with Crippen molar-refractivity contribution >= 4 is 34.0 Å².